The largest absolute Gasteiger partial charge is 0.489 e. The molecule has 3 rings (SSSR count). The van der Waals surface area contributed by atoms with Gasteiger partial charge in [-0.05, 0) is 25.5 Å². The Labute approximate surface area is 121 Å². The van der Waals surface area contributed by atoms with Gasteiger partial charge in [0.25, 0.3) is 0 Å². The second-order valence-corrected chi connectivity index (χ2v) is 5.01. The minimum atomic E-state index is -0.954. The number of carboxylic acid groups (broad SMARTS) is 1. The molecule has 0 radical (unpaired) electrons. The molecule has 1 aromatic heterocycles. The van der Waals surface area contributed by atoms with Crippen molar-refractivity contribution >= 4 is 5.97 Å². The Morgan fingerprint density at radius 3 is 2.95 bits per heavy atom. The summed E-state index contributed by atoms with van der Waals surface area (Å²) in [6.07, 6.45) is -0.424. The smallest absolute Gasteiger partial charge is 0.345 e. The molecule has 110 valence electrons. The molecule has 0 fully saturated rings. The number of aryl methyl sites for hydroxylation is 2. The summed E-state index contributed by atoms with van der Waals surface area (Å²) in [5, 5.41) is 12.8. The van der Waals surface area contributed by atoms with Gasteiger partial charge >= 0.3 is 5.97 Å². The van der Waals surface area contributed by atoms with Crippen LogP contribution in [-0.4, -0.2) is 22.3 Å². The summed E-state index contributed by atoms with van der Waals surface area (Å²) in [5.41, 5.74) is 2.60. The molecule has 21 heavy (non-hydrogen) atoms. The summed E-state index contributed by atoms with van der Waals surface area (Å²) in [6.45, 7) is 4.04. The maximum atomic E-state index is 10.9. The van der Waals surface area contributed by atoms with E-state index in [2.05, 4.69) is 5.16 Å². The van der Waals surface area contributed by atoms with E-state index < -0.39 is 12.1 Å². The first-order chi connectivity index (χ1) is 10.0. The highest BCUT2D eigenvalue weighted by atomic mass is 16.5. The van der Waals surface area contributed by atoms with Crippen LogP contribution in [0.4, 0.5) is 0 Å². The van der Waals surface area contributed by atoms with Gasteiger partial charge in [0.15, 0.2) is 6.10 Å². The summed E-state index contributed by atoms with van der Waals surface area (Å²) in [4.78, 5) is 10.9. The fraction of sp³-hybridized carbons (Fsp3) is 0.333. The predicted octanol–water partition coefficient (Wildman–Crippen LogP) is 2.26. The number of aliphatic carboxylic acids is 1. The monoisotopic (exact) mass is 289 g/mol. The first-order valence-corrected chi connectivity index (χ1v) is 6.61. The van der Waals surface area contributed by atoms with Crippen LogP contribution in [0.25, 0.3) is 0 Å². The van der Waals surface area contributed by atoms with E-state index in [0.717, 1.165) is 22.6 Å². The lowest BCUT2D eigenvalue weighted by atomic mass is 10.1. The van der Waals surface area contributed by atoms with Gasteiger partial charge in [0.05, 0.1) is 11.3 Å². The van der Waals surface area contributed by atoms with Crippen molar-refractivity contribution in [1.29, 1.82) is 0 Å². The number of hydrogen-bond donors (Lipinski definition) is 1. The minimum absolute atomic E-state index is 0.350. The molecule has 1 aromatic carbocycles. The molecule has 1 atom stereocenters. The lowest BCUT2D eigenvalue weighted by Gasteiger charge is -2.08. The molecule has 1 unspecified atom stereocenters. The second-order valence-electron chi connectivity index (χ2n) is 5.01. The number of fused-ring (bicyclic) bond motifs is 1. The van der Waals surface area contributed by atoms with Gasteiger partial charge in [0.1, 0.15) is 23.9 Å². The number of hydrogen-bond acceptors (Lipinski definition) is 5. The molecule has 0 amide bonds. The van der Waals surface area contributed by atoms with Crippen LogP contribution in [-0.2, 0) is 17.8 Å². The van der Waals surface area contributed by atoms with Gasteiger partial charge in [0, 0.05) is 12.5 Å². The highest BCUT2D eigenvalue weighted by Gasteiger charge is 2.29. The van der Waals surface area contributed by atoms with Crippen molar-refractivity contribution in [2.75, 3.05) is 0 Å². The van der Waals surface area contributed by atoms with Crippen LogP contribution in [0.2, 0.25) is 0 Å². The van der Waals surface area contributed by atoms with Gasteiger partial charge in [-0.2, -0.15) is 0 Å². The van der Waals surface area contributed by atoms with Crippen LogP contribution in [0.1, 0.15) is 22.6 Å². The van der Waals surface area contributed by atoms with E-state index in [1.165, 1.54) is 0 Å². The molecule has 1 aliphatic rings. The lowest BCUT2D eigenvalue weighted by molar-refractivity contribution is -0.144. The molecule has 2 heterocycles. The fourth-order valence-electron chi connectivity index (χ4n) is 2.30. The molecule has 0 aliphatic carbocycles. The maximum Gasteiger partial charge on any atom is 0.345 e. The third kappa shape index (κ3) is 2.56. The number of benzene rings is 1. The Balaban J connectivity index is 1.72. The molecular weight excluding hydrogens is 274 g/mol. The molecule has 1 aliphatic heterocycles. The second kappa shape index (κ2) is 5.12. The van der Waals surface area contributed by atoms with Crippen LogP contribution in [0.15, 0.2) is 22.7 Å². The van der Waals surface area contributed by atoms with Crippen LogP contribution in [0, 0.1) is 13.8 Å². The Morgan fingerprint density at radius 2 is 2.29 bits per heavy atom. The molecule has 0 spiro atoms. The highest BCUT2D eigenvalue weighted by molar-refractivity contribution is 5.74. The predicted molar refractivity (Wildman–Crippen MR) is 72.5 cm³/mol. The van der Waals surface area contributed by atoms with E-state index >= 15 is 0 Å². The van der Waals surface area contributed by atoms with E-state index in [-0.39, 0.29) is 0 Å². The lowest BCUT2D eigenvalue weighted by Crippen LogP contribution is -2.24. The molecule has 0 saturated heterocycles. The van der Waals surface area contributed by atoms with Gasteiger partial charge in [-0.25, -0.2) is 4.79 Å². The SMILES string of the molecule is Cc1noc(C)c1COc1ccc2c(c1)OC(C(=O)O)C2. The van der Waals surface area contributed by atoms with E-state index in [4.69, 9.17) is 19.1 Å². The van der Waals surface area contributed by atoms with Crippen molar-refractivity contribution in [3.05, 3.63) is 40.8 Å². The number of carbonyl (C=O) groups is 1. The Bertz CT molecular complexity index is 672. The number of aromatic nitrogens is 1. The average molecular weight is 289 g/mol. The third-order valence-electron chi connectivity index (χ3n) is 3.55. The molecular formula is C15H15NO5. The van der Waals surface area contributed by atoms with Gasteiger partial charge in [-0.1, -0.05) is 11.2 Å². The number of carboxylic acids is 1. The third-order valence-corrected chi connectivity index (χ3v) is 3.55. The Hall–Kier alpha value is -2.50. The van der Waals surface area contributed by atoms with Crippen molar-refractivity contribution < 1.29 is 23.9 Å². The van der Waals surface area contributed by atoms with Crippen molar-refractivity contribution in [2.45, 2.75) is 33.0 Å². The number of ether oxygens (including phenoxy) is 2. The number of nitrogens with zero attached hydrogens (tertiary/aromatic N) is 1. The van der Waals surface area contributed by atoms with E-state index in [1.54, 1.807) is 6.07 Å². The summed E-state index contributed by atoms with van der Waals surface area (Å²) < 4.78 is 16.2. The van der Waals surface area contributed by atoms with E-state index in [9.17, 15) is 4.79 Å². The average Bonchev–Trinajstić information content (AvgIpc) is 3.01. The van der Waals surface area contributed by atoms with E-state index in [1.807, 2.05) is 26.0 Å². The quantitative estimate of drug-likeness (QED) is 0.929. The first kappa shape index (κ1) is 13.5. The van der Waals surface area contributed by atoms with Gasteiger partial charge in [0.2, 0.25) is 0 Å². The van der Waals surface area contributed by atoms with Crippen LogP contribution < -0.4 is 9.47 Å². The van der Waals surface area contributed by atoms with Crippen LogP contribution in [0.5, 0.6) is 11.5 Å². The summed E-state index contributed by atoms with van der Waals surface area (Å²) in [6, 6.07) is 5.36. The van der Waals surface area contributed by atoms with Crippen molar-refractivity contribution in [3.63, 3.8) is 0 Å². The molecule has 1 N–H and O–H groups in total. The maximum absolute atomic E-state index is 10.9. The van der Waals surface area contributed by atoms with Crippen LogP contribution in [0.3, 0.4) is 0 Å². The first-order valence-electron chi connectivity index (χ1n) is 6.61. The topological polar surface area (TPSA) is 81.8 Å². The van der Waals surface area contributed by atoms with E-state index in [0.29, 0.717) is 24.5 Å². The fourth-order valence-corrected chi connectivity index (χ4v) is 2.30. The normalized spacial score (nSPS) is 16.4. The molecule has 6 heteroatoms. The number of rotatable bonds is 4. The Morgan fingerprint density at radius 1 is 1.48 bits per heavy atom. The molecule has 2 aromatic rings. The Kier molecular flexibility index (Phi) is 3.29. The van der Waals surface area contributed by atoms with Crippen molar-refractivity contribution in [1.82, 2.24) is 5.16 Å². The molecule has 6 nitrogen and oxygen atoms in total. The molecule has 0 saturated carbocycles. The summed E-state index contributed by atoms with van der Waals surface area (Å²) in [5.74, 6) is 0.971. The molecule has 0 bridgehead atoms. The van der Waals surface area contributed by atoms with Gasteiger partial charge in [-0.15, -0.1) is 0 Å². The van der Waals surface area contributed by atoms with Crippen molar-refractivity contribution in [2.24, 2.45) is 0 Å². The zero-order valence-electron chi connectivity index (χ0n) is 11.8. The van der Waals surface area contributed by atoms with Crippen molar-refractivity contribution in [3.8, 4) is 11.5 Å². The zero-order chi connectivity index (χ0) is 15.0. The van der Waals surface area contributed by atoms with Gasteiger partial charge < -0.3 is 19.1 Å². The highest BCUT2D eigenvalue weighted by Crippen LogP contribution is 2.33. The van der Waals surface area contributed by atoms with Crippen LogP contribution >= 0.6 is 0 Å². The summed E-state index contributed by atoms with van der Waals surface area (Å²) in [7, 11) is 0. The standard InChI is InChI=1S/C15H15NO5/c1-8-12(9(2)21-16-8)7-19-11-4-3-10-5-14(15(17)18)20-13(10)6-11/h3-4,6,14H,5,7H2,1-2H3,(H,17,18). The van der Waals surface area contributed by atoms with Gasteiger partial charge in [-0.3, -0.25) is 0 Å². The minimum Gasteiger partial charge on any atom is -0.489 e. The summed E-state index contributed by atoms with van der Waals surface area (Å²) >= 11 is 0. The zero-order valence-corrected chi connectivity index (χ0v) is 11.8.